The zero-order valence-electron chi connectivity index (χ0n) is 19.2. The normalized spacial score (nSPS) is 22.0. The van der Waals surface area contributed by atoms with Crippen LogP contribution in [0.1, 0.15) is 45.3 Å². The van der Waals surface area contributed by atoms with Crippen molar-refractivity contribution in [2.75, 3.05) is 21.8 Å². The molecule has 0 unspecified atom stereocenters. The van der Waals surface area contributed by atoms with Crippen LogP contribution in [0.5, 0.6) is 0 Å². The largest absolute Gasteiger partial charge is 0.368 e. The minimum atomic E-state index is -3.17. The number of sulfone groups is 1. The molecule has 0 radical (unpaired) electrons. The number of hydrazone groups is 1. The van der Waals surface area contributed by atoms with Crippen LogP contribution in [0.2, 0.25) is 0 Å². The minimum Gasteiger partial charge on any atom is -0.368 e. The second kappa shape index (κ2) is 8.49. The molecule has 2 atom stereocenters. The van der Waals surface area contributed by atoms with E-state index >= 15 is 0 Å². The maximum atomic E-state index is 13.3. The van der Waals surface area contributed by atoms with Gasteiger partial charge in [0.1, 0.15) is 23.4 Å². The second-order valence-electron chi connectivity index (χ2n) is 9.61. The Morgan fingerprint density at radius 2 is 1.88 bits per heavy atom. The molecule has 2 aliphatic rings. The molecule has 2 amide bonds. The van der Waals surface area contributed by atoms with E-state index in [-0.39, 0.29) is 29.1 Å². The van der Waals surface area contributed by atoms with Crippen molar-refractivity contribution in [3.8, 4) is 0 Å². The van der Waals surface area contributed by atoms with E-state index in [0.29, 0.717) is 23.6 Å². The van der Waals surface area contributed by atoms with E-state index < -0.39 is 39.6 Å². The van der Waals surface area contributed by atoms with Gasteiger partial charge in [0, 0.05) is 17.9 Å². The maximum absolute atomic E-state index is 13.3. The van der Waals surface area contributed by atoms with Crippen molar-refractivity contribution in [3.05, 3.63) is 41.8 Å². The minimum absolute atomic E-state index is 0.0311. The van der Waals surface area contributed by atoms with Crippen LogP contribution in [0.15, 0.2) is 35.4 Å². The Bertz CT molecular complexity index is 1260. The Morgan fingerprint density at radius 3 is 2.44 bits per heavy atom. The van der Waals surface area contributed by atoms with E-state index in [1.807, 2.05) is 20.8 Å². The molecule has 12 heteroatoms. The molecule has 1 aromatic carbocycles. The number of aromatic nitrogens is 2. The molecule has 3 N–H and O–H groups in total. The average molecular weight is 491 g/mol. The second-order valence-corrected chi connectivity index (χ2v) is 11.8. The number of carbonyl (C=O) groups is 2. The van der Waals surface area contributed by atoms with Crippen LogP contribution >= 0.6 is 0 Å². The van der Waals surface area contributed by atoms with Crippen LogP contribution < -0.4 is 16.1 Å². The summed E-state index contributed by atoms with van der Waals surface area (Å²) in [7, 11) is -3.17. The first-order chi connectivity index (χ1) is 15.8. The molecule has 1 fully saturated rings. The molecule has 0 aliphatic carbocycles. The van der Waals surface area contributed by atoms with Gasteiger partial charge in [-0.25, -0.2) is 17.5 Å². The third-order valence-electron chi connectivity index (χ3n) is 5.89. The number of rotatable bonds is 5. The van der Waals surface area contributed by atoms with Gasteiger partial charge in [0.05, 0.1) is 28.9 Å². The van der Waals surface area contributed by atoms with Gasteiger partial charge in [0.2, 0.25) is 5.91 Å². The standard InChI is InChI=1S/C22H27FN6O4S/c1-22(2,3)18-11-19(29(27-18)15-8-9-34(32,33)12-15)25-21(31)16-10-17(20(24)30)28(26-16)14-6-4-13(23)5-7-14/h4-7,11,15,17H,8-10,12H2,1-3H3,(H2,24,30)(H,25,31)/t15-,17+/m0/s1. The van der Waals surface area contributed by atoms with E-state index in [1.165, 1.54) is 29.3 Å². The lowest BCUT2D eigenvalue weighted by atomic mass is 9.92. The van der Waals surface area contributed by atoms with Crippen LogP contribution in [-0.2, 0) is 24.8 Å². The molecular weight excluding hydrogens is 463 g/mol. The predicted octanol–water partition coefficient (Wildman–Crippen LogP) is 1.74. The topological polar surface area (TPSA) is 140 Å². The number of hydrogen-bond acceptors (Lipinski definition) is 7. The summed E-state index contributed by atoms with van der Waals surface area (Å²) in [4.78, 5) is 25.1. The Labute approximate surface area is 196 Å². The van der Waals surface area contributed by atoms with E-state index in [2.05, 4.69) is 15.5 Å². The number of benzene rings is 1. The van der Waals surface area contributed by atoms with Gasteiger partial charge in [0.15, 0.2) is 9.84 Å². The van der Waals surface area contributed by atoms with Crippen LogP contribution in [0.3, 0.4) is 0 Å². The van der Waals surface area contributed by atoms with Crippen LogP contribution in [0, 0.1) is 5.82 Å². The van der Waals surface area contributed by atoms with E-state index in [0.717, 1.165) is 0 Å². The third kappa shape index (κ3) is 4.81. The lowest BCUT2D eigenvalue weighted by Gasteiger charge is -2.20. The number of amides is 2. The summed E-state index contributed by atoms with van der Waals surface area (Å²) in [6.45, 7) is 5.90. The molecule has 0 bridgehead atoms. The van der Waals surface area contributed by atoms with Gasteiger partial charge < -0.3 is 11.1 Å². The fourth-order valence-electron chi connectivity index (χ4n) is 3.99. The molecule has 1 aromatic heterocycles. The Morgan fingerprint density at radius 1 is 1.21 bits per heavy atom. The maximum Gasteiger partial charge on any atom is 0.273 e. The molecule has 1 saturated heterocycles. The highest BCUT2D eigenvalue weighted by Gasteiger charge is 2.37. The SMILES string of the molecule is CC(C)(C)c1cc(NC(=O)C2=NN(c3ccc(F)cc3)[C@@H](C(N)=O)C2)n([C@H]2CCS(=O)(=O)C2)n1. The summed E-state index contributed by atoms with van der Waals surface area (Å²) >= 11 is 0. The van der Waals surface area contributed by atoms with Crippen LogP contribution in [-0.4, -0.2) is 53.3 Å². The highest BCUT2D eigenvalue weighted by molar-refractivity contribution is 7.91. The molecule has 34 heavy (non-hydrogen) atoms. The zero-order valence-corrected chi connectivity index (χ0v) is 20.0. The van der Waals surface area contributed by atoms with Gasteiger partial charge in [-0.15, -0.1) is 0 Å². The van der Waals surface area contributed by atoms with E-state index in [4.69, 9.17) is 5.73 Å². The number of hydrogen-bond donors (Lipinski definition) is 2. The first-order valence-electron chi connectivity index (χ1n) is 10.9. The first-order valence-corrected chi connectivity index (χ1v) is 12.7. The summed E-state index contributed by atoms with van der Waals surface area (Å²) in [6, 6.07) is 5.77. The number of primary amides is 1. The molecule has 2 aliphatic heterocycles. The third-order valence-corrected chi connectivity index (χ3v) is 7.64. The fraction of sp³-hybridized carbons (Fsp3) is 0.455. The van der Waals surface area contributed by atoms with E-state index in [9.17, 15) is 22.4 Å². The van der Waals surface area contributed by atoms with Crippen LogP contribution in [0.25, 0.3) is 0 Å². The summed E-state index contributed by atoms with van der Waals surface area (Å²) in [6.07, 6.45) is 0.371. The monoisotopic (exact) mass is 490 g/mol. The van der Waals surface area contributed by atoms with Crippen molar-refractivity contribution in [3.63, 3.8) is 0 Å². The summed E-state index contributed by atoms with van der Waals surface area (Å²) in [5.41, 5.74) is 6.38. The highest BCUT2D eigenvalue weighted by Crippen LogP contribution is 2.31. The molecular formula is C22H27FN6O4S. The van der Waals surface area contributed by atoms with Crippen molar-refractivity contribution >= 4 is 38.9 Å². The summed E-state index contributed by atoms with van der Waals surface area (Å²) in [5.74, 6) is -1.31. The number of nitrogens with one attached hydrogen (secondary N) is 1. The van der Waals surface area contributed by atoms with Crippen molar-refractivity contribution in [2.45, 2.75) is 51.1 Å². The Hall–Kier alpha value is -3.28. The fourth-order valence-corrected chi connectivity index (χ4v) is 5.68. The van der Waals surface area contributed by atoms with Gasteiger partial charge in [-0.3, -0.25) is 14.6 Å². The van der Waals surface area contributed by atoms with Gasteiger partial charge >= 0.3 is 0 Å². The average Bonchev–Trinajstić information content (AvgIpc) is 3.44. The van der Waals surface area contributed by atoms with Crippen molar-refractivity contribution in [2.24, 2.45) is 10.8 Å². The van der Waals surface area contributed by atoms with Crippen molar-refractivity contribution in [1.29, 1.82) is 0 Å². The first kappa shape index (κ1) is 23.9. The summed E-state index contributed by atoms with van der Waals surface area (Å²) in [5, 5.41) is 13.0. The number of halogens is 1. The van der Waals surface area contributed by atoms with Crippen molar-refractivity contribution < 1.29 is 22.4 Å². The molecule has 10 nitrogen and oxygen atoms in total. The van der Waals surface area contributed by atoms with Gasteiger partial charge in [-0.1, -0.05) is 20.8 Å². The number of nitrogens with zero attached hydrogens (tertiary/aromatic N) is 4. The lowest BCUT2D eigenvalue weighted by Crippen LogP contribution is -2.39. The highest BCUT2D eigenvalue weighted by atomic mass is 32.2. The predicted molar refractivity (Wildman–Crippen MR) is 126 cm³/mol. The van der Waals surface area contributed by atoms with Crippen LogP contribution in [0.4, 0.5) is 15.9 Å². The Kier molecular flexibility index (Phi) is 5.96. The smallest absolute Gasteiger partial charge is 0.273 e. The summed E-state index contributed by atoms with van der Waals surface area (Å²) < 4.78 is 38.9. The molecule has 3 heterocycles. The zero-order chi connectivity index (χ0) is 24.8. The number of carbonyl (C=O) groups excluding carboxylic acids is 2. The number of anilines is 2. The molecule has 4 rings (SSSR count). The molecule has 0 spiro atoms. The van der Waals surface area contributed by atoms with Gasteiger partial charge in [-0.2, -0.15) is 10.2 Å². The van der Waals surface area contributed by atoms with Crippen molar-refractivity contribution in [1.82, 2.24) is 9.78 Å². The Balaban J connectivity index is 1.63. The molecule has 182 valence electrons. The van der Waals surface area contributed by atoms with E-state index in [1.54, 1.807) is 10.7 Å². The quantitative estimate of drug-likeness (QED) is 0.654. The lowest BCUT2D eigenvalue weighted by molar-refractivity contribution is -0.119. The number of nitrogens with two attached hydrogens (primary N) is 1. The van der Waals surface area contributed by atoms with Gasteiger partial charge in [-0.05, 0) is 30.7 Å². The molecule has 2 aromatic rings. The van der Waals surface area contributed by atoms with Gasteiger partial charge in [0.25, 0.3) is 5.91 Å². The molecule has 0 saturated carbocycles.